The van der Waals surface area contributed by atoms with Crippen molar-refractivity contribution in [3.8, 4) is 5.75 Å². The quantitative estimate of drug-likeness (QED) is 0.514. The van der Waals surface area contributed by atoms with E-state index in [9.17, 15) is 0 Å². The molecule has 0 fully saturated rings. The summed E-state index contributed by atoms with van der Waals surface area (Å²) in [7, 11) is 0. The number of thioether (sulfide) groups is 1. The fraction of sp³-hybridized carbons (Fsp3) is 0.211. The maximum absolute atomic E-state index is 5.70. The Kier molecular flexibility index (Phi) is 5.37. The van der Waals surface area contributed by atoms with Gasteiger partial charge in [-0.2, -0.15) is 0 Å². The number of benzene rings is 2. The molecule has 0 saturated heterocycles. The van der Waals surface area contributed by atoms with E-state index in [-0.39, 0.29) is 0 Å². The van der Waals surface area contributed by atoms with Crippen LogP contribution in [0.4, 0.5) is 0 Å². The molecular formula is C19H20N2OS. The van der Waals surface area contributed by atoms with E-state index in [1.165, 1.54) is 5.56 Å². The highest BCUT2D eigenvalue weighted by Crippen LogP contribution is 2.19. The molecular weight excluding hydrogens is 304 g/mol. The molecule has 1 aromatic heterocycles. The molecule has 4 heteroatoms. The summed E-state index contributed by atoms with van der Waals surface area (Å²) in [4.78, 5) is 8.06. The van der Waals surface area contributed by atoms with Crippen molar-refractivity contribution >= 4 is 11.8 Å². The van der Waals surface area contributed by atoms with Crippen LogP contribution in [-0.4, -0.2) is 22.3 Å². The molecule has 0 amide bonds. The monoisotopic (exact) mass is 324 g/mol. The third kappa shape index (κ3) is 4.63. The van der Waals surface area contributed by atoms with E-state index in [1.54, 1.807) is 11.8 Å². The van der Waals surface area contributed by atoms with Gasteiger partial charge in [0.2, 0.25) is 0 Å². The number of nitrogens with one attached hydrogen (secondary N) is 1. The largest absolute Gasteiger partial charge is 0.493 e. The minimum atomic E-state index is 0.669. The first-order chi connectivity index (χ1) is 11.3. The van der Waals surface area contributed by atoms with Gasteiger partial charge in [0.25, 0.3) is 0 Å². The highest BCUT2D eigenvalue weighted by Gasteiger charge is 2.08. The maximum atomic E-state index is 5.70. The fourth-order valence-corrected chi connectivity index (χ4v) is 3.07. The molecule has 3 rings (SSSR count). The van der Waals surface area contributed by atoms with Crippen LogP contribution >= 0.6 is 11.8 Å². The second kappa shape index (κ2) is 7.88. The van der Waals surface area contributed by atoms with Crippen LogP contribution in [0.5, 0.6) is 5.75 Å². The molecule has 0 aliphatic rings. The summed E-state index contributed by atoms with van der Waals surface area (Å²) < 4.78 is 5.70. The van der Waals surface area contributed by atoms with Gasteiger partial charge in [0.05, 0.1) is 12.3 Å². The highest BCUT2D eigenvalue weighted by molar-refractivity contribution is 7.99. The van der Waals surface area contributed by atoms with Gasteiger partial charge in [0, 0.05) is 17.9 Å². The van der Waals surface area contributed by atoms with Gasteiger partial charge in [0.15, 0.2) is 5.16 Å². The number of nitrogens with zero attached hydrogens (tertiary/aromatic N) is 1. The van der Waals surface area contributed by atoms with Gasteiger partial charge in [-0.15, -0.1) is 0 Å². The number of H-pyrrole nitrogens is 1. The Labute approximate surface area is 141 Å². The molecule has 0 radical (unpaired) electrons. The number of aryl methyl sites for hydroxylation is 1. The standard InChI is InChI=1S/C19H20N2OS/c1-15-18(14-16-8-4-2-5-9-16)21-19(20-15)23-13-12-22-17-10-6-3-7-11-17/h2-11H,12-14H2,1H3,(H,20,21). The first-order valence-electron chi connectivity index (χ1n) is 7.71. The van der Waals surface area contributed by atoms with Crippen LogP contribution < -0.4 is 4.74 Å². The lowest BCUT2D eigenvalue weighted by Crippen LogP contribution is -2.00. The summed E-state index contributed by atoms with van der Waals surface area (Å²) in [5, 5.41) is 0.963. The predicted molar refractivity (Wildman–Crippen MR) is 95.2 cm³/mol. The number of para-hydroxylation sites is 1. The highest BCUT2D eigenvalue weighted by atomic mass is 32.2. The van der Waals surface area contributed by atoms with Gasteiger partial charge < -0.3 is 9.72 Å². The normalized spacial score (nSPS) is 10.7. The molecule has 3 nitrogen and oxygen atoms in total. The molecule has 0 aliphatic heterocycles. The lowest BCUT2D eigenvalue weighted by atomic mass is 10.1. The number of ether oxygens (including phenoxy) is 1. The zero-order valence-corrected chi connectivity index (χ0v) is 14.0. The van der Waals surface area contributed by atoms with E-state index >= 15 is 0 Å². The van der Waals surface area contributed by atoms with Crippen LogP contribution in [-0.2, 0) is 6.42 Å². The fourth-order valence-electron chi connectivity index (χ4n) is 2.31. The van der Waals surface area contributed by atoms with Crippen LogP contribution in [0.1, 0.15) is 17.0 Å². The van der Waals surface area contributed by atoms with Gasteiger partial charge in [-0.3, -0.25) is 0 Å². The number of hydrogen-bond acceptors (Lipinski definition) is 3. The maximum Gasteiger partial charge on any atom is 0.165 e. The number of aromatic nitrogens is 2. The van der Waals surface area contributed by atoms with Gasteiger partial charge in [-0.1, -0.05) is 60.3 Å². The Morgan fingerprint density at radius 3 is 2.43 bits per heavy atom. The molecule has 0 aliphatic carbocycles. The Morgan fingerprint density at radius 2 is 1.70 bits per heavy atom. The molecule has 0 bridgehead atoms. The zero-order chi connectivity index (χ0) is 15.9. The second-order valence-corrected chi connectivity index (χ2v) is 6.37. The molecule has 1 heterocycles. The Balaban J connectivity index is 1.50. The van der Waals surface area contributed by atoms with Crippen molar-refractivity contribution < 1.29 is 4.74 Å². The van der Waals surface area contributed by atoms with Crippen LogP contribution in [0, 0.1) is 6.92 Å². The van der Waals surface area contributed by atoms with E-state index < -0.39 is 0 Å². The molecule has 118 valence electrons. The lowest BCUT2D eigenvalue weighted by Gasteiger charge is -2.04. The van der Waals surface area contributed by atoms with E-state index in [0.717, 1.165) is 34.5 Å². The number of imidazole rings is 1. The van der Waals surface area contributed by atoms with Crippen molar-refractivity contribution in [2.45, 2.75) is 18.5 Å². The molecule has 23 heavy (non-hydrogen) atoms. The first kappa shape index (κ1) is 15.7. The third-order valence-electron chi connectivity index (χ3n) is 3.51. The summed E-state index contributed by atoms with van der Waals surface area (Å²) in [6, 6.07) is 20.3. The van der Waals surface area contributed by atoms with Gasteiger partial charge in [-0.25, -0.2) is 4.98 Å². The third-order valence-corrected chi connectivity index (χ3v) is 4.35. The van der Waals surface area contributed by atoms with Crippen LogP contribution in [0.25, 0.3) is 0 Å². The van der Waals surface area contributed by atoms with Crippen molar-refractivity contribution in [2.75, 3.05) is 12.4 Å². The molecule has 1 N–H and O–H groups in total. The summed E-state index contributed by atoms with van der Waals surface area (Å²) in [5.41, 5.74) is 3.54. The minimum Gasteiger partial charge on any atom is -0.493 e. The summed E-state index contributed by atoms with van der Waals surface area (Å²) in [6.07, 6.45) is 0.865. The van der Waals surface area contributed by atoms with E-state index in [2.05, 4.69) is 36.2 Å². The van der Waals surface area contributed by atoms with E-state index in [4.69, 9.17) is 9.72 Å². The summed E-state index contributed by atoms with van der Waals surface area (Å²) in [6.45, 7) is 2.75. The molecule has 0 atom stereocenters. The van der Waals surface area contributed by atoms with Crippen LogP contribution in [0.2, 0.25) is 0 Å². The minimum absolute atomic E-state index is 0.669. The first-order valence-corrected chi connectivity index (χ1v) is 8.70. The zero-order valence-electron chi connectivity index (χ0n) is 13.2. The molecule has 0 saturated carbocycles. The van der Waals surface area contributed by atoms with Crippen molar-refractivity contribution in [1.82, 2.24) is 9.97 Å². The second-order valence-electron chi connectivity index (χ2n) is 5.29. The average molecular weight is 324 g/mol. The summed E-state index contributed by atoms with van der Waals surface area (Å²) >= 11 is 1.69. The van der Waals surface area contributed by atoms with Gasteiger partial charge >= 0.3 is 0 Å². The number of aromatic amines is 1. The van der Waals surface area contributed by atoms with Crippen molar-refractivity contribution in [2.24, 2.45) is 0 Å². The Morgan fingerprint density at radius 1 is 1.00 bits per heavy atom. The topological polar surface area (TPSA) is 37.9 Å². The predicted octanol–water partition coefficient (Wildman–Crippen LogP) is 4.48. The van der Waals surface area contributed by atoms with Crippen LogP contribution in [0.3, 0.4) is 0 Å². The van der Waals surface area contributed by atoms with Gasteiger partial charge in [0.1, 0.15) is 5.75 Å². The van der Waals surface area contributed by atoms with E-state index in [1.807, 2.05) is 36.4 Å². The molecule has 2 aromatic carbocycles. The van der Waals surface area contributed by atoms with Crippen molar-refractivity contribution in [3.05, 3.63) is 77.6 Å². The van der Waals surface area contributed by atoms with Gasteiger partial charge in [-0.05, 0) is 24.6 Å². The smallest absolute Gasteiger partial charge is 0.165 e. The van der Waals surface area contributed by atoms with Crippen molar-refractivity contribution in [1.29, 1.82) is 0 Å². The van der Waals surface area contributed by atoms with Crippen molar-refractivity contribution in [3.63, 3.8) is 0 Å². The molecule has 0 spiro atoms. The number of hydrogen-bond donors (Lipinski definition) is 1. The van der Waals surface area contributed by atoms with Crippen LogP contribution in [0.15, 0.2) is 65.8 Å². The number of rotatable bonds is 7. The summed E-state index contributed by atoms with van der Waals surface area (Å²) in [5.74, 6) is 1.78. The Hall–Kier alpha value is -2.20. The molecule has 3 aromatic rings. The SMILES string of the molecule is Cc1[nH]c(SCCOc2ccccc2)nc1Cc1ccccc1. The molecule has 0 unspecified atom stereocenters. The van der Waals surface area contributed by atoms with E-state index in [0.29, 0.717) is 6.61 Å². The average Bonchev–Trinajstić information content (AvgIpc) is 2.93. The Bertz CT molecular complexity index is 726. The lowest BCUT2D eigenvalue weighted by molar-refractivity contribution is 0.344.